The van der Waals surface area contributed by atoms with Crippen molar-refractivity contribution in [3.05, 3.63) is 27.5 Å². The number of nitrogens with two attached hydrogens (primary N) is 1. The monoisotopic (exact) mass is 280 g/mol. The van der Waals surface area contributed by atoms with Crippen LogP contribution in [-0.4, -0.2) is 16.1 Å². The summed E-state index contributed by atoms with van der Waals surface area (Å²) in [4.78, 5) is 14.0. The third kappa shape index (κ3) is 2.48. The number of carbonyl (C=O) groups is 1. The molecule has 15 heavy (non-hydrogen) atoms. The van der Waals surface area contributed by atoms with Gasteiger partial charge in [-0.2, -0.15) is 0 Å². The molecule has 0 spiro atoms. The van der Waals surface area contributed by atoms with Crippen LogP contribution in [0.1, 0.15) is 28.2 Å². The zero-order chi connectivity index (χ0) is 11.6. The van der Waals surface area contributed by atoms with E-state index in [1.165, 1.54) is 6.07 Å². The van der Waals surface area contributed by atoms with Crippen LogP contribution < -0.4 is 5.73 Å². The largest absolute Gasteiger partial charge is 0.476 e. The summed E-state index contributed by atoms with van der Waals surface area (Å²) >= 11 is 2.93. The maximum Gasteiger partial charge on any atom is 0.355 e. The molecule has 0 saturated heterocycles. The quantitative estimate of drug-likeness (QED) is 0.887. The molecule has 0 amide bonds. The van der Waals surface area contributed by atoms with Crippen LogP contribution in [0.3, 0.4) is 0 Å². The Morgan fingerprint density at radius 2 is 2.27 bits per heavy atom. The van der Waals surface area contributed by atoms with Gasteiger partial charge in [0.05, 0.1) is 4.47 Å². The summed E-state index contributed by atoms with van der Waals surface area (Å²) in [5.41, 5.74) is 4.34. The van der Waals surface area contributed by atoms with Crippen LogP contribution in [0.5, 0.6) is 0 Å². The summed E-state index contributed by atoms with van der Waals surface area (Å²) in [5.74, 6) is -1.37. The highest BCUT2D eigenvalue weighted by Gasteiger charge is 2.20. The molecule has 0 radical (unpaired) electrons. The van der Waals surface area contributed by atoms with Crippen LogP contribution in [0.25, 0.3) is 0 Å². The maximum absolute atomic E-state index is 12.5. The van der Waals surface area contributed by atoms with E-state index in [2.05, 4.69) is 20.9 Å². The molecule has 7 heteroatoms. The Morgan fingerprint density at radius 3 is 2.67 bits per heavy atom. The molecular weight excluding hydrogens is 274 g/mol. The Hall–Kier alpha value is -1.08. The normalized spacial score (nSPS) is 10.7. The summed E-state index contributed by atoms with van der Waals surface area (Å²) in [5, 5.41) is 8.67. The molecule has 0 bridgehead atoms. The second-order valence-corrected chi connectivity index (χ2v) is 3.53. The first-order chi connectivity index (χ1) is 6.97. The average Bonchev–Trinajstić information content (AvgIpc) is 2.16. The van der Waals surface area contributed by atoms with Crippen molar-refractivity contribution < 1.29 is 18.7 Å². The summed E-state index contributed by atoms with van der Waals surface area (Å²) in [7, 11) is 0. The van der Waals surface area contributed by atoms with E-state index in [4.69, 9.17) is 10.8 Å². The third-order valence-corrected chi connectivity index (χ3v) is 2.32. The number of aromatic nitrogens is 1. The van der Waals surface area contributed by atoms with Crippen LogP contribution in [0, 0.1) is 0 Å². The van der Waals surface area contributed by atoms with Gasteiger partial charge in [0.25, 0.3) is 6.43 Å². The van der Waals surface area contributed by atoms with Gasteiger partial charge in [0.2, 0.25) is 0 Å². The molecule has 0 saturated carbocycles. The molecule has 4 nitrogen and oxygen atoms in total. The number of carboxylic acid groups (broad SMARTS) is 1. The van der Waals surface area contributed by atoms with Gasteiger partial charge in [-0.05, 0) is 27.6 Å². The van der Waals surface area contributed by atoms with E-state index >= 15 is 0 Å². The summed E-state index contributed by atoms with van der Waals surface area (Å²) < 4.78 is 25.1. The van der Waals surface area contributed by atoms with Gasteiger partial charge in [0.15, 0.2) is 5.69 Å². The lowest BCUT2D eigenvalue weighted by Gasteiger charge is -2.08. The lowest BCUT2D eigenvalue weighted by Crippen LogP contribution is -2.10. The Labute approximate surface area is 92.2 Å². The SMILES string of the molecule is NCc1cc(Br)c(C(=O)O)nc1C(F)F. The highest BCUT2D eigenvalue weighted by Crippen LogP contribution is 2.25. The number of nitrogens with zero attached hydrogens (tertiary/aromatic N) is 1. The van der Waals surface area contributed by atoms with E-state index < -0.39 is 23.8 Å². The van der Waals surface area contributed by atoms with E-state index in [1.807, 2.05) is 0 Å². The van der Waals surface area contributed by atoms with Crippen molar-refractivity contribution in [1.29, 1.82) is 0 Å². The second kappa shape index (κ2) is 4.63. The highest BCUT2D eigenvalue weighted by atomic mass is 79.9. The van der Waals surface area contributed by atoms with Gasteiger partial charge in [0.1, 0.15) is 5.69 Å². The number of carboxylic acids is 1. The fraction of sp³-hybridized carbons (Fsp3) is 0.250. The molecule has 1 aromatic heterocycles. The van der Waals surface area contributed by atoms with E-state index in [-0.39, 0.29) is 16.6 Å². The lowest BCUT2D eigenvalue weighted by molar-refractivity contribution is 0.0687. The maximum atomic E-state index is 12.5. The van der Waals surface area contributed by atoms with Gasteiger partial charge in [-0.15, -0.1) is 0 Å². The smallest absolute Gasteiger partial charge is 0.355 e. The van der Waals surface area contributed by atoms with E-state index in [9.17, 15) is 13.6 Å². The molecule has 0 aliphatic heterocycles. The number of hydrogen-bond acceptors (Lipinski definition) is 3. The van der Waals surface area contributed by atoms with Crippen molar-refractivity contribution >= 4 is 21.9 Å². The zero-order valence-electron chi connectivity index (χ0n) is 7.38. The predicted octanol–water partition coefficient (Wildman–Crippen LogP) is 1.94. The Kier molecular flexibility index (Phi) is 3.70. The first-order valence-electron chi connectivity index (χ1n) is 3.88. The molecule has 3 N–H and O–H groups in total. The Bertz CT molecular complexity index is 398. The third-order valence-electron chi connectivity index (χ3n) is 1.72. The van der Waals surface area contributed by atoms with Crippen molar-refractivity contribution in [2.45, 2.75) is 13.0 Å². The fourth-order valence-electron chi connectivity index (χ4n) is 1.04. The number of alkyl halides is 2. The second-order valence-electron chi connectivity index (χ2n) is 2.67. The van der Waals surface area contributed by atoms with Crippen LogP contribution in [-0.2, 0) is 6.54 Å². The Balaban J connectivity index is 3.37. The van der Waals surface area contributed by atoms with E-state index in [0.717, 1.165) is 0 Å². The molecule has 0 unspecified atom stereocenters. The topological polar surface area (TPSA) is 76.2 Å². The first-order valence-corrected chi connectivity index (χ1v) is 4.67. The highest BCUT2D eigenvalue weighted by molar-refractivity contribution is 9.10. The van der Waals surface area contributed by atoms with Crippen LogP contribution in [0.15, 0.2) is 10.5 Å². The van der Waals surface area contributed by atoms with Crippen molar-refractivity contribution in [3.63, 3.8) is 0 Å². The number of hydrogen-bond donors (Lipinski definition) is 2. The number of aromatic carboxylic acids is 1. The van der Waals surface area contributed by atoms with Crippen molar-refractivity contribution in [1.82, 2.24) is 4.98 Å². The lowest BCUT2D eigenvalue weighted by atomic mass is 10.1. The van der Waals surface area contributed by atoms with E-state index in [0.29, 0.717) is 0 Å². The predicted molar refractivity (Wildman–Crippen MR) is 51.7 cm³/mol. The molecule has 1 rings (SSSR count). The minimum atomic E-state index is -2.84. The molecule has 1 aromatic rings. The van der Waals surface area contributed by atoms with Gasteiger partial charge in [-0.3, -0.25) is 0 Å². The van der Waals surface area contributed by atoms with Crippen molar-refractivity contribution in [2.24, 2.45) is 5.73 Å². The van der Waals surface area contributed by atoms with Gasteiger partial charge in [0, 0.05) is 6.54 Å². The molecule has 0 aromatic carbocycles. The summed E-state index contributed by atoms with van der Waals surface area (Å²) in [6.07, 6.45) is -2.84. The van der Waals surface area contributed by atoms with Gasteiger partial charge in [-0.25, -0.2) is 18.6 Å². The molecule has 0 atom stereocenters. The Morgan fingerprint density at radius 1 is 1.67 bits per heavy atom. The minimum Gasteiger partial charge on any atom is -0.476 e. The first kappa shape index (κ1) is 12.0. The minimum absolute atomic E-state index is 0.120. The van der Waals surface area contributed by atoms with Gasteiger partial charge < -0.3 is 10.8 Å². The molecule has 0 fully saturated rings. The standard InChI is InChI=1S/C8H7BrF2N2O2/c9-4-1-3(2-12)5(7(10)11)13-6(4)8(14)15/h1,7H,2,12H2,(H,14,15). The van der Waals surface area contributed by atoms with Crippen LogP contribution >= 0.6 is 15.9 Å². The number of rotatable bonds is 3. The summed E-state index contributed by atoms with van der Waals surface area (Å²) in [6, 6.07) is 1.25. The van der Waals surface area contributed by atoms with Crippen molar-refractivity contribution in [2.75, 3.05) is 0 Å². The van der Waals surface area contributed by atoms with Gasteiger partial charge in [-0.1, -0.05) is 0 Å². The molecule has 0 aliphatic carbocycles. The summed E-state index contributed by atoms with van der Waals surface area (Å²) in [6.45, 7) is -0.120. The van der Waals surface area contributed by atoms with E-state index in [1.54, 1.807) is 0 Å². The molecule has 82 valence electrons. The number of pyridine rings is 1. The molecular formula is C8H7BrF2N2O2. The zero-order valence-corrected chi connectivity index (χ0v) is 8.96. The molecule has 1 heterocycles. The molecule has 0 aliphatic rings. The van der Waals surface area contributed by atoms with Crippen LogP contribution in [0.2, 0.25) is 0 Å². The fourth-order valence-corrected chi connectivity index (χ4v) is 1.58. The van der Waals surface area contributed by atoms with Crippen molar-refractivity contribution in [3.8, 4) is 0 Å². The average molecular weight is 281 g/mol. The van der Waals surface area contributed by atoms with Gasteiger partial charge >= 0.3 is 5.97 Å². The van der Waals surface area contributed by atoms with Crippen LogP contribution in [0.4, 0.5) is 8.78 Å². The number of halogens is 3.